The molecule has 0 radical (unpaired) electrons. The summed E-state index contributed by atoms with van der Waals surface area (Å²) in [6, 6.07) is 11.6. The molecule has 0 bridgehead atoms. The summed E-state index contributed by atoms with van der Waals surface area (Å²) in [7, 11) is -2.36. The Hall–Kier alpha value is -3.34. The molecule has 1 amide bonds. The summed E-state index contributed by atoms with van der Waals surface area (Å²) in [5, 5.41) is 3.08. The Morgan fingerprint density at radius 1 is 1.12 bits per heavy atom. The van der Waals surface area contributed by atoms with Gasteiger partial charge in [0.15, 0.2) is 6.61 Å². The van der Waals surface area contributed by atoms with Crippen LogP contribution in [0.1, 0.15) is 21.7 Å². The van der Waals surface area contributed by atoms with E-state index in [4.69, 9.17) is 25.5 Å². The molecule has 0 aliphatic rings. The third-order valence-corrected chi connectivity index (χ3v) is 6.33. The Kier molecular flexibility index (Phi) is 7.75. The van der Waals surface area contributed by atoms with Crippen LogP contribution in [0.3, 0.4) is 0 Å². The van der Waals surface area contributed by atoms with Gasteiger partial charge in [-0.05, 0) is 55.0 Å². The van der Waals surface area contributed by atoms with Gasteiger partial charge in [-0.2, -0.15) is 0 Å². The summed E-state index contributed by atoms with van der Waals surface area (Å²) in [5.41, 5.74) is 1.21. The lowest BCUT2D eigenvalue weighted by atomic mass is 10.2. The second-order valence-corrected chi connectivity index (χ2v) is 9.03. The zero-order valence-electron chi connectivity index (χ0n) is 17.8. The number of amides is 1. The molecule has 9 nitrogen and oxygen atoms in total. The van der Waals surface area contributed by atoms with Crippen molar-refractivity contribution in [1.29, 1.82) is 0 Å². The third kappa shape index (κ3) is 6.35. The lowest BCUT2D eigenvalue weighted by Gasteiger charge is -2.12. The van der Waals surface area contributed by atoms with Gasteiger partial charge in [0.1, 0.15) is 11.5 Å². The second-order valence-electron chi connectivity index (χ2n) is 6.85. The molecule has 0 spiro atoms. The van der Waals surface area contributed by atoms with Crippen molar-refractivity contribution < 1.29 is 31.9 Å². The van der Waals surface area contributed by atoms with Gasteiger partial charge in [-0.15, -0.1) is 0 Å². The maximum atomic E-state index is 12.4. The Labute approximate surface area is 195 Å². The molecule has 33 heavy (non-hydrogen) atoms. The quantitative estimate of drug-likeness (QED) is 0.438. The topological polar surface area (TPSA) is 124 Å². The molecule has 0 saturated heterocycles. The first-order chi connectivity index (χ1) is 15.7. The van der Waals surface area contributed by atoms with Crippen molar-refractivity contribution in [3.8, 4) is 5.75 Å². The van der Waals surface area contributed by atoms with Crippen LogP contribution in [0.15, 0.2) is 64.1 Å². The molecule has 0 unspecified atom stereocenters. The summed E-state index contributed by atoms with van der Waals surface area (Å²) < 4.78 is 42.4. The molecule has 1 aromatic heterocycles. The number of nitrogens with one attached hydrogen (secondary N) is 2. The van der Waals surface area contributed by atoms with E-state index in [9.17, 15) is 18.0 Å². The van der Waals surface area contributed by atoms with Crippen LogP contribution in [-0.4, -0.2) is 34.0 Å². The monoisotopic (exact) mass is 492 g/mol. The van der Waals surface area contributed by atoms with Crippen LogP contribution in [0.4, 0.5) is 5.69 Å². The minimum absolute atomic E-state index is 0.00777. The van der Waals surface area contributed by atoms with Crippen molar-refractivity contribution in [2.24, 2.45) is 0 Å². The molecular weight excluding hydrogens is 472 g/mol. The highest BCUT2D eigenvalue weighted by Gasteiger charge is 2.17. The Balaban J connectivity index is 1.56. The van der Waals surface area contributed by atoms with Crippen molar-refractivity contribution in [2.45, 2.75) is 18.4 Å². The zero-order valence-corrected chi connectivity index (χ0v) is 19.3. The molecule has 174 valence electrons. The normalized spacial score (nSPS) is 11.1. The fourth-order valence-corrected chi connectivity index (χ4v) is 3.91. The van der Waals surface area contributed by atoms with Crippen molar-refractivity contribution >= 4 is 39.2 Å². The number of carbonyl (C=O) groups is 2. The van der Waals surface area contributed by atoms with E-state index in [1.807, 2.05) is 0 Å². The summed E-state index contributed by atoms with van der Waals surface area (Å²) in [4.78, 5) is 24.4. The molecule has 0 aliphatic heterocycles. The van der Waals surface area contributed by atoms with Gasteiger partial charge in [0.05, 0.1) is 36.1 Å². The molecule has 2 N–H and O–H groups in total. The lowest BCUT2D eigenvalue weighted by molar-refractivity contribution is -0.119. The van der Waals surface area contributed by atoms with Crippen LogP contribution in [0, 0.1) is 6.92 Å². The van der Waals surface area contributed by atoms with E-state index < -0.39 is 28.5 Å². The number of sulfonamides is 1. The third-order valence-electron chi connectivity index (χ3n) is 4.51. The summed E-state index contributed by atoms with van der Waals surface area (Å²) in [6.07, 6.45) is 1.44. The first-order valence-electron chi connectivity index (χ1n) is 9.63. The van der Waals surface area contributed by atoms with Gasteiger partial charge in [0.25, 0.3) is 5.91 Å². The van der Waals surface area contributed by atoms with Gasteiger partial charge in [0, 0.05) is 11.1 Å². The van der Waals surface area contributed by atoms with E-state index in [2.05, 4.69) is 10.0 Å². The van der Waals surface area contributed by atoms with E-state index in [-0.39, 0.29) is 17.0 Å². The number of carbonyl (C=O) groups excluding carboxylic acids is 2. The number of halogens is 1. The van der Waals surface area contributed by atoms with Crippen LogP contribution in [0.25, 0.3) is 0 Å². The van der Waals surface area contributed by atoms with Crippen LogP contribution >= 0.6 is 11.6 Å². The molecule has 3 rings (SSSR count). The predicted molar refractivity (Wildman–Crippen MR) is 121 cm³/mol. The fourth-order valence-electron chi connectivity index (χ4n) is 2.76. The molecule has 11 heteroatoms. The van der Waals surface area contributed by atoms with Crippen molar-refractivity contribution in [3.05, 3.63) is 76.7 Å². The van der Waals surface area contributed by atoms with E-state index in [1.165, 1.54) is 37.6 Å². The molecule has 0 aliphatic carbocycles. The number of methoxy groups -OCH3 is 1. The van der Waals surface area contributed by atoms with Crippen LogP contribution in [0.2, 0.25) is 5.02 Å². The van der Waals surface area contributed by atoms with Gasteiger partial charge in [-0.3, -0.25) is 4.79 Å². The van der Waals surface area contributed by atoms with E-state index in [0.717, 1.165) is 5.56 Å². The van der Waals surface area contributed by atoms with Gasteiger partial charge in [-0.25, -0.2) is 17.9 Å². The Morgan fingerprint density at radius 2 is 1.85 bits per heavy atom. The SMILES string of the molecule is COc1cc(Cl)c(C)cc1NC(=O)COC(=O)c1ccc(S(=O)(=O)NCc2ccco2)cc1. The van der Waals surface area contributed by atoms with Crippen LogP contribution in [0.5, 0.6) is 5.75 Å². The van der Waals surface area contributed by atoms with E-state index in [0.29, 0.717) is 22.2 Å². The standard InChI is InChI=1S/C22H21ClN2O7S/c1-14-10-19(20(30-2)11-18(14)23)25-21(26)13-32-22(27)15-5-7-17(8-6-15)33(28,29)24-12-16-4-3-9-31-16/h3-11,24H,12-13H2,1-2H3,(H,25,26). The molecule has 3 aromatic rings. The first kappa shape index (κ1) is 24.3. The molecule has 1 heterocycles. The Morgan fingerprint density at radius 3 is 2.48 bits per heavy atom. The van der Waals surface area contributed by atoms with Crippen molar-refractivity contribution in [2.75, 3.05) is 19.0 Å². The summed E-state index contributed by atoms with van der Waals surface area (Å²) >= 11 is 6.04. The second kappa shape index (κ2) is 10.5. The molecule has 0 fully saturated rings. The number of esters is 1. The summed E-state index contributed by atoms with van der Waals surface area (Å²) in [6.45, 7) is 1.22. The minimum Gasteiger partial charge on any atom is -0.495 e. The Bertz CT molecular complexity index is 1240. The van der Waals surface area contributed by atoms with E-state index >= 15 is 0 Å². The largest absolute Gasteiger partial charge is 0.495 e. The van der Waals surface area contributed by atoms with Gasteiger partial charge in [-0.1, -0.05) is 11.6 Å². The number of benzene rings is 2. The number of hydrogen-bond donors (Lipinski definition) is 2. The van der Waals surface area contributed by atoms with E-state index in [1.54, 1.807) is 31.2 Å². The van der Waals surface area contributed by atoms with Gasteiger partial charge < -0.3 is 19.2 Å². The number of rotatable bonds is 9. The predicted octanol–water partition coefficient (Wildman–Crippen LogP) is 3.52. The van der Waals surface area contributed by atoms with Crippen LogP contribution in [-0.2, 0) is 26.1 Å². The first-order valence-corrected chi connectivity index (χ1v) is 11.5. The molecule has 2 aromatic carbocycles. The highest BCUT2D eigenvalue weighted by molar-refractivity contribution is 7.89. The summed E-state index contributed by atoms with van der Waals surface area (Å²) in [5.74, 6) is -0.534. The highest BCUT2D eigenvalue weighted by atomic mass is 35.5. The zero-order chi connectivity index (χ0) is 24.0. The molecular formula is C22H21ClN2O7S. The van der Waals surface area contributed by atoms with Crippen molar-refractivity contribution in [3.63, 3.8) is 0 Å². The number of aryl methyl sites for hydroxylation is 1. The molecule has 0 atom stereocenters. The van der Waals surface area contributed by atoms with Gasteiger partial charge in [0.2, 0.25) is 10.0 Å². The van der Waals surface area contributed by atoms with Crippen LogP contribution < -0.4 is 14.8 Å². The minimum atomic E-state index is -3.80. The van der Waals surface area contributed by atoms with Crippen molar-refractivity contribution in [1.82, 2.24) is 4.72 Å². The number of ether oxygens (including phenoxy) is 2. The fraction of sp³-hybridized carbons (Fsp3) is 0.182. The van der Waals surface area contributed by atoms with Gasteiger partial charge >= 0.3 is 5.97 Å². The average molecular weight is 493 g/mol. The maximum absolute atomic E-state index is 12.4. The maximum Gasteiger partial charge on any atom is 0.338 e. The number of furan rings is 1. The smallest absolute Gasteiger partial charge is 0.338 e. The highest BCUT2D eigenvalue weighted by Crippen LogP contribution is 2.30. The average Bonchev–Trinajstić information content (AvgIpc) is 3.32. The number of anilines is 1. The lowest BCUT2D eigenvalue weighted by Crippen LogP contribution is -2.23. The number of hydrogen-bond acceptors (Lipinski definition) is 7. The molecule has 0 saturated carbocycles.